The maximum absolute atomic E-state index is 14.2. The maximum Gasteiger partial charge on any atom is 0.264 e. The molecule has 0 spiro atoms. The smallest absolute Gasteiger partial charge is 0.264 e. The van der Waals surface area contributed by atoms with Crippen LogP contribution < -0.4 is 9.62 Å². The third-order valence-corrected chi connectivity index (χ3v) is 9.42. The van der Waals surface area contributed by atoms with E-state index < -0.39 is 28.5 Å². The molecule has 0 radical (unpaired) electrons. The zero-order valence-electron chi connectivity index (χ0n) is 24.5. The van der Waals surface area contributed by atoms with Crippen molar-refractivity contribution in [2.45, 2.75) is 83.3 Å². The number of hydrogen-bond donors (Lipinski definition) is 1. The summed E-state index contributed by atoms with van der Waals surface area (Å²) in [6.07, 6.45) is 4.44. The van der Waals surface area contributed by atoms with Crippen molar-refractivity contribution in [3.63, 3.8) is 0 Å². The second-order valence-corrected chi connectivity index (χ2v) is 13.0. The number of carbonyl (C=O) groups is 2. The van der Waals surface area contributed by atoms with Crippen LogP contribution >= 0.6 is 0 Å². The zero-order valence-corrected chi connectivity index (χ0v) is 25.3. The fourth-order valence-electron chi connectivity index (χ4n) is 5.64. The molecule has 0 aromatic heterocycles. The van der Waals surface area contributed by atoms with Gasteiger partial charge >= 0.3 is 0 Å². The van der Waals surface area contributed by atoms with E-state index in [0.717, 1.165) is 47.9 Å². The lowest BCUT2D eigenvalue weighted by Crippen LogP contribution is -2.53. The van der Waals surface area contributed by atoms with Crippen LogP contribution in [0.25, 0.3) is 0 Å². The highest BCUT2D eigenvalue weighted by molar-refractivity contribution is 7.92. The Labute approximate surface area is 244 Å². The molecule has 3 aromatic rings. The predicted molar refractivity (Wildman–Crippen MR) is 163 cm³/mol. The average Bonchev–Trinajstić information content (AvgIpc) is 3.44. The van der Waals surface area contributed by atoms with Crippen LogP contribution in [-0.4, -0.2) is 43.8 Å². The summed E-state index contributed by atoms with van der Waals surface area (Å²) >= 11 is 0. The summed E-state index contributed by atoms with van der Waals surface area (Å²) in [4.78, 5) is 29.5. The normalized spacial score (nSPS) is 14.4. The summed E-state index contributed by atoms with van der Waals surface area (Å²) in [5.41, 5.74) is 4.12. The quantitative estimate of drug-likeness (QED) is 0.319. The van der Waals surface area contributed by atoms with E-state index in [2.05, 4.69) is 5.32 Å². The number of carbonyl (C=O) groups excluding carboxylic acids is 2. The lowest BCUT2D eigenvalue weighted by atomic mass is 10.1. The number of aryl methyl sites for hydroxylation is 3. The first kappa shape index (κ1) is 30.3. The first-order valence-corrected chi connectivity index (χ1v) is 15.8. The van der Waals surface area contributed by atoms with Gasteiger partial charge in [-0.25, -0.2) is 8.42 Å². The Hall–Kier alpha value is -3.65. The largest absolute Gasteiger partial charge is 0.352 e. The SMILES string of the molecule is CCC(C(=O)NC1CCCC1)N(Cc1cccc(C)c1)C(=O)CN(c1cc(C)cc(C)c1)S(=O)(=O)c1ccccc1. The molecule has 7 nitrogen and oxygen atoms in total. The number of benzene rings is 3. The minimum absolute atomic E-state index is 0.100. The number of nitrogens with one attached hydrogen (secondary N) is 1. The number of sulfonamides is 1. The zero-order chi connectivity index (χ0) is 29.6. The number of anilines is 1. The topological polar surface area (TPSA) is 86.8 Å². The van der Waals surface area contributed by atoms with Crippen LogP contribution in [0.15, 0.2) is 77.7 Å². The molecule has 218 valence electrons. The van der Waals surface area contributed by atoms with Crippen LogP contribution in [0.4, 0.5) is 5.69 Å². The van der Waals surface area contributed by atoms with E-state index in [9.17, 15) is 18.0 Å². The monoisotopic (exact) mass is 575 g/mol. The van der Waals surface area contributed by atoms with Gasteiger partial charge in [-0.3, -0.25) is 13.9 Å². The molecule has 1 saturated carbocycles. The molecule has 8 heteroatoms. The third-order valence-electron chi connectivity index (χ3n) is 7.63. The van der Waals surface area contributed by atoms with E-state index in [4.69, 9.17) is 0 Å². The fraction of sp³-hybridized carbons (Fsp3) is 0.394. The average molecular weight is 576 g/mol. The molecular formula is C33H41N3O4S. The van der Waals surface area contributed by atoms with E-state index in [1.54, 1.807) is 35.2 Å². The van der Waals surface area contributed by atoms with Gasteiger partial charge in [0.1, 0.15) is 12.6 Å². The van der Waals surface area contributed by atoms with Gasteiger partial charge in [0.25, 0.3) is 10.0 Å². The molecule has 1 aliphatic rings. The van der Waals surface area contributed by atoms with E-state index in [0.29, 0.717) is 12.1 Å². The summed E-state index contributed by atoms with van der Waals surface area (Å²) in [5, 5.41) is 3.15. The van der Waals surface area contributed by atoms with Crippen LogP contribution in [0.5, 0.6) is 0 Å². The van der Waals surface area contributed by atoms with Crippen LogP contribution in [0.1, 0.15) is 61.3 Å². The number of rotatable bonds is 11. The molecule has 1 atom stereocenters. The third kappa shape index (κ3) is 7.55. The van der Waals surface area contributed by atoms with Crippen molar-refractivity contribution in [2.24, 2.45) is 0 Å². The summed E-state index contributed by atoms with van der Waals surface area (Å²) in [5.74, 6) is -0.622. The number of hydrogen-bond acceptors (Lipinski definition) is 4. The van der Waals surface area contributed by atoms with E-state index in [1.165, 1.54) is 16.4 Å². The Balaban J connectivity index is 1.73. The van der Waals surface area contributed by atoms with Gasteiger partial charge in [-0.2, -0.15) is 0 Å². The highest BCUT2D eigenvalue weighted by Gasteiger charge is 2.34. The molecule has 1 aliphatic carbocycles. The molecule has 0 saturated heterocycles. The van der Waals surface area contributed by atoms with Crippen molar-refractivity contribution >= 4 is 27.5 Å². The van der Waals surface area contributed by atoms with Gasteiger partial charge in [-0.15, -0.1) is 0 Å². The second-order valence-electron chi connectivity index (χ2n) is 11.1. The summed E-state index contributed by atoms with van der Waals surface area (Å²) < 4.78 is 29.2. The standard InChI is InChI=1S/C33H41N3O4S/c1-5-31(33(38)34-28-14-9-10-15-28)35(22-27-13-11-12-24(2)19-27)32(37)23-36(29-20-25(3)18-26(4)21-29)41(39,40)30-16-7-6-8-17-30/h6-8,11-13,16-21,28,31H,5,9-10,14-15,22-23H2,1-4H3,(H,34,38). The lowest BCUT2D eigenvalue weighted by molar-refractivity contribution is -0.140. The summed E-state index contributed by atoms with van der Waals surface area (Å²) in [6, 6.07) is 20.9. The van der Waals surface area contributed by atoms with Crippen molar-refractivity contribution in [3.05, 3.63) is 95.1 Å². The molecule has 1 fully saturated rings. The maximum atomic E-state index is 14.2. The van der Waals surface area contributed by atoms with E-state index in [1.807, 2.05) is 58.0 Å². The Morgan fingerprint density at radius 1 is 0.878 bits per heavy atom. The van der Waals surface area contributed by atoms with Gasteiger partial charge < -0.3 is 10.2 Å². The van der Waals surface area contributed by atoms with E-state index >= 15 is 0 Å². The molecule has 4 rings (SSSR count). The summed E-state index contributed by atoms with van der Waals surface area (Å²) in [6.45, 7) is 7.43. The molecule has 0 heterocycles. The van der Waals surface area contributed by atoms with Gasteiger partial charge in [0.05, 0.1) is 10.6 Å². The minimum atomic E-state index is -4.08. The van der Waals surface area contributed by atoms with Gasteiger partial charge in [0.2, 0.25) is 11.8 Å². The fourth-order valence-corrected chi connectivity index (χ4v) is 7.06. The second kappa shape index (κ2) is 13.3. The molecule has 0 bridgehead atoms. The number of nitrogens with zero attached hydrogens (tertiary/aromatic N) is 2. The van der Waals surface area contributed by atoms with Crippen molar-refractivity contribution < 1.29 is 18.0 Å². The highest BCUT2D eigenvalue weighted by Crippen LogP contribution is 2.27. The van der Waals surface area contributed by atoms with Gasteiger partial charge in [-0.1, -0.05) is 73.9 Å². The van der Waals surface area contributed by atoms with Crippen LogP contribution in [0.3, 0.4) is 0 Å². The van der Waals surface area contributed by atoms with Crippen molar-refractivity contribution in [2.75, 3.05) is 10.8 Å². The van der Waals surface area contributed by atoms with Crippen molar-refractivity contribution in [1.82, 2.24) is 10.2 Å². The Kier molecular flexibility index (Phi) is 9.86. The van der Waals surface area contributed by atoms with Crippen LogP contribution in [0, 0.1) is 20.8 Å². The molecule has 3 aromatic carbocycles. The Bertz CT molecular complexity index is 1450. The Morgan fingerprint density at radius 2 is 1.54 bits per heavy atom. The van der Waals surface area contributed by atoms with Crippen molar-refractivity contribution in [1.29, 1.82) is 0 Å². The predicted octanol–water partition coefficient (Wildman–Crippen LogP) is 5.67. The van der Waals surface area contributed by atoms with Gasteiger partial charge in [0.15, 0.2) is 0 Å². The lowest BCUT2D eigenvalue weighted by Gasteiger charge is -2.34. The number of amides is 2. The molecule has 0 aliphatic heterocycles. The highest BCUT2D eigenvalue weighted by atomic mass is 32.2. The van der Waals surface area contributed by atoms with Gasteiger partial charge in [0, 0.05) is 12.6 Å². The molecule has 2 amide bonds. The van der Waals surface area contributed by atoms with Crippen LogP contribution in [0.2, 0.25) is 0 Å². The molecular weight excluding hydrogens is 534 g/mol. The Morgan fingerprint density at radius 3 is 2.15 bits per heavy atom. The first-order valence-electron chi connectivity index (χ1n) is 14.4. The summed E-state index contributed by atoms with van der Waals surface area (Å²) in [7, 11) is -4.08. The molecule has 41 heavy (non-hydrogen) atoms. The van der Waals surface area contributed by atoms with Crippen molar-refractivity contribution in [3.8, 4) is 0 Å². The molecule has 1 unspecified atom stereocenters. The van der Waals surface area contributed by atoms with E-state index in [-0.39, 0.29) is 23.4 Å². The first-order chi connectivity index (χ1) is 19.6. The van der Waals surface area contributed by atoms with Crippen LogP contribution in [-0.2, 0) is 26.2 Å². The molecule has 1 N–H and O–H groups in total. The van der Waals surface area contributed by atoms with Gasteiger partial charge in [-0.05, 0) is 81.0 Å². The minimum Gasteiger partial charge on any atom is -0.352 e.